The number of fused-ring (bicyclic) bond motifs is 3. The van der Waals surface area contributed by atoms with Gasteiger partial charge in [-0.2, -0.15) is 0 Å². The van der Waals surface area contributed by atoms with Gasteiger partial charge in [0.15, 0.2) is 0 Å². The molecule has 1 aromatic carbocycles. The third-order valence-electron chi connectivity index (χ3n) is 3.32. The summed E-state index contributed by atoms with van der Waals surface area (Å²) in [5, 5.41) is 9.13. The van der Waals surface area contributed by atoms with Gasteiger partial charge in [-0.1, -0.05) is 11.6 Å². The van der Waals surface area contributed by atoms with Crippen LogP contribution in [0.1, 0.15) is 6.42 Å². The lowest BCUT2D eigenvalue weighted by Crippen LogP contribution is -2.24. The molecule has 0 aliphatic rings. The van der Waals surface area contributed by atoms with Crippen LogP contribution in [0.5, 0.6) is 0 Å². The van der Waals surface area contributed by atoms with Crippen LogP contribution in [0.4, 0.5) is 4.39 Å². The van der Waals surface area contributed by atoms with Crippen molar-refractivity contribution >= 4 is 34.1 Å². The van der Waals surface area contributed by atoms with E-state index in [1.165, 1.54) is 27.2 Å². The second-order valence-electron chi connectivity index (χ2n) is 4.61. The van der Waals surface area contributed by atoms with E-state index in [9.17, 15) is 14.0 Å². The maximum Gasteiger partial charge on any atom is 0.305 e. The van der Waals surface area contributed by atoms with E-state index in [2.05, 4.69) is 0 Å². The van der Waals surface area contributed by atoms with Crippen LogP contribution in [0.2, 0.25) is 5.15 Å². The Balaban J connectivity index is 2.42. The molecule has 0 saturated heterocycles. The summed E-state index contributed by atoms with van der Waals surface area (Å²) in [7, 11) is 0. The van der Waals surface area contributed by atoms with Gasteiger partial charge in [-0.15, -0.1) is 0 Å². The first-order valence-corrected chi connectivity index (χ1v) is 6.57. The molecule has 0 saturated carbocycles. The number of aryl methyl sites for hydroxylation is 1. The Bertz CT molecular complexity index is 929. The fraction of sp³-hybridized carbons (Fsp3) is 0.143. The van der Waals surface area contributed by atoms with E-state index in [-0.39, 0.29) is 13.0 Å². The number of aliphatic carboxylic acids is 1. The van der Waals surface area contributed by atoms with Gasteiger partial charge in [-0.05, 0) is 30.3 Å². The Labute approximate surface area is 122 Å². The van der Waals surface area contributed by atoms with Crippen molar-refractivity contribution in [2.45, 2.75) is 13.0 Å². The molecule has 0 radical (unpaired) electrons. The number of carbonyl (C=O) groups is 1. The van der Waals surface area contributed by atoms with Gasteiger partial charge in [-0.25, -0.2) is 4.39 Å². The van der Waals surface area contributed by atoms with Crippen molar-refractivity contribution in [3.8, 4) is 0 Å². The van der Waals surface area contributed by atoms with E-state index < -0.39 is 17.3 Å². The molecule has 2 heterocycles. The van der Waals surface area contributed by atoms with Crippen molar-refractivity contribution in [2.75, 3.05) is 0 Å². The molecule has 0 aliphatic heterocycles. The monoisotopic (exact) mass is 308 g/mol. The summed E-state index contributed by atoms with van der Waals surface area (Å²) >= 11 is 6.07. The normalized spacial score (nSPS) is 11.3. The average molecular weight is 309 g/mol. The van der Waals surface area contributed by atoms with Crippen molar-refractivity contribution in [2.24, 2.45) is 0 Å². The lowest BCUT2D eigenvalue weighted by Gasteiger charge is -2.12. The van der Waals surface area contributed by atoms with Crippen molar-refractivity contribution < 1.29 is 14.3 Å². The number of hydrogen-bond acceptors (Lipinski definition) is 2. The Hall–Kier alpha value is -2.34. The summed E-state index contributed by atoms with van der Waals surface area (Å²) in [6.45, 7) is -0.0343. The number of hydrogen-bond donors (Lipinski definition) is 1. The van der Waals surface area contributed by atoms with Gasteiger partial charge in [-0.3, -0.25) is 14.0 Å². The third-order valence-corrected chi connectivity index (χ3v) is 3.61. The predicted molar refractivity (Wildman–Crippen MR) is 76.4 cm³/mol. The van der Waals surface area contributed by atoms with E-state index in [1.54, 1.807) is 12.1 Å². The number of benzene rings is 1. The first-order valence-electron chi connectivity index (χ1n) is 6.20. The van der Waals surface area contributed by atoms with Gasteiger partial charge < -0.3 is 9.67 Å². The van der Waals surface area contributed by atoms with Crippen LogP contribution in [0, 0.1) is 5.82 Å². The lowest BCUT2D eigenvalue weighted by molar-refractivity contribution is -0.137. The SMILES string of the molecule is O=C(O)CCn1c(=O)c2ccc(Cl)n2c2ccc(F)cc21. The number of halogens is 2. The zero-order valence-corrected chi connectivity index (χ0v) is 11.5. The largest absolute Gasteiger partial charge is 0.481 e. The molecule has 0 amide bonds. The number of nitrogens with zero attached hydrogens (tertiary/aromatic N) is 2. The first-order chi connectivity index (χ1) is 9.99. The van der Waals surface area contributed by atoms with Gasteiger partial charge in [0.25, 0.3) is 5.56 Å². The maximum absolute atomic E-state index is 13.5. The molecule has 0 bridgehead atoms. The number of aromatic nitrogens is 2. The molecule has 21 heavy (non-hydrogen) atoms. The Morgan fingerprint density at radius 3 is 2.62 bits per heavy atom. The fourth-order valence-electron chi connectivity index (χ4n) is 2.40. The Morgan fingerprint density at radius 2 is 1.90 bits per heavy atom. The number of carboxylic acid groups (broad SMARTS) is 1. The summed E-state index contributed by atoms with van der Waals surface area (Å²) in [6, 6.07) is 7.12. The summed E-state index contributed by atoms with van der Waals surface area (Å²) in [5.74, 6) is -1.53. The highest BCUT2D eigenvalue weighted by atomic mass is 35.5. The van der Waals surface area contributed by atoms with Gasteiger partial charge in [0.05, 0.1) is 17.5 Å². The highest BCUT2D eigenvalue weighted by Gasteiger charge is 2.14. The minimum atomic E-state index is -1.03. The van der Waals surface area contributed by atoms with Gasteiger partial charge >= 0.3 is 5.97 Å². The molecule has 7 heteroatoms. The van der Waals surface area contributed by atoms with Crippen LogP contribution in [0.15, 0.2) is 35.1 Å². The highest BCUT2D eigenvalue weighted by molar-refractivity contribution is 6.30. The molecular formula is C14H10ClFN2O3. The predicted octanol–water partition coefficient (Wildman–Crippen LogP) is 2.52. The zero-order valence-electron chi connectivity index (χ0n) is 10.7. The molecular weight excluding hydrogens is 299 g/mol. The van der Waals surface area contributed by atoms with Crippen molar-refractivity contribution in [3.63, 3.8) is 0 Å². The van der Waals surface area contributed by atoms with Crippen LogP contribution < -0.4 is 5.56 Å². The number of carboxylic acids is 1. The summed E-state index contributed by atoms with van der Waals surface area (Å²) in [4.78, 5) is 23.2. The average Bonchev–Trinajstić information content (AvgIpc) is 2.81. The smallest absolute Gasteiger partial charge is 0.305 e. The van der Waals surface area contributed by atoms with Crippen molar-refractivity contribution in [1.82, 2.24) is 8.97 Å². The van der Waals surface area contributed by atoms with Gasteiger partial charge in [0.1, 0.15) is 16.5 Å². The summed E-state index contributed by atoms with van der Waals surface area (Å²) in [6.07, 6.45) is -0.226. The molecule has 3 rings (SSSR count). The zero-order chi connectivity index (χ0) is 15.1. The molecule has 3 aromatic rings. The van der Waals surface area contributed by atoms with Crippen LogP contribution in [0.3, 0.4) is 0 Å². The molecule has 108 valence electrons. The molecule has 0 aliphatic carbocycles. The van der Waals surface area contributed by atoms with E-state index in [1.807, 2.05) is 0 Å². The van der Waals surface area contributed by atoms with E-state index >= 15 is 0 Å². The second-order valence-corrected chi connectivity index (χ2v) is 5.00. The molecule has 5 nitrogen and oxygen atoms in total. The molecule has 2 aromatic heterocycles. The van der Waals surface area contributed by atoms with Crippen molar-refractivity contribution in [1.29, 1.82) is 0 Å². The lowest BCUT2D eigenvalue weighted by atomic mass is 10.2. The fourth-order valence-corrected chi connectivity index (χ4v) is 2.65. The standard InChI is InChI=1S/C14H10ClFN2O3/c15-12-4-3-10-14(21)17(6-5-13(19)20)11-7-8(16)1-2-9(11)18(10)12/h1-4,7H,5-6H2,(H,19,20). The molecule has 0 spiro atoms. The maximum atomic E-state index is 13.5. The minimum absolute atomic E-state index is 0.0343. The van der Waals surface area contributed by atoms with E-state index in [0.717, 1.165) is 0 Å². The van der Waals surface area contributed by atoms with E-state index in [4.69, 9.17) is 16.7 Å². The number of rotatable bonds is 3. The van der Waals surface area contributed by atoms with E-state index in [0.29, 0.717) is 21.7 Å². The van der Waals surface area contributed by atoms with Gasteiger partial charge in [0.2, 0.25) is 0 Å². The topological polar surface area (TPSA) is 63.7 Å². The quantitative estimate of drug-likeness (QED) is 0.808. The summed E-state index contributed by atoms with van der Waals surface area (Å²) in [5.41, 5.74) is 0.781. The van der Waals surface area contributed by atoms with Crippen LogP contribution >= 0.6 is 11.6 Å². The highest BCUT2D eigenvalue weighted by Crippen LogP contribution is 2.21. The Morgan fingerprint density at radius 1 is 1.19 bits per heavy atom. The van der Waals surface area contributed by atoms with Crippen LogP contribution in [-0.4, -0.2) is 20.0 Å². The molecule has 0 fully saturated rings. The summed E-state index contributed by atoms with van der Waals surface area (Å²) < 4.78 is 16.3. The van der Waals surface area contributed by atoms with Crippen LogP contribution in [-0.2, 0) is 11.3 Å². The molecule has 0 unspecified atom stereocenters. The second kappa shape index (κ2) is 4.89. The van der Waals surface area contributed by atoms with Crippen LogP contribution in [0.25, 0.3) is 16.6 Å². The molecule has 1 N–H and O–H groups in total. The minimum Gasteiger partial charge on any atom is -0.481 e. The van der Waals surface area contributed by atoms with Gasteiger partial charge in [0, 0.05) is 6.54 Å². The first kappa shape index (κ1) is 13.6. The Kier molecular flexibility index (Phi) is 3.17. The molecule has 0 atom stereocenters. The van der Waals surface area contributed by atoms with Crippen molar-refractivity contribution in [3.05, 3.63) is 51.7 Å². The third kappa shape index (κ3) is 2.17.